The summed E-state index contributed by atoms with van der Waals surface area (Å²) in [5.74, 6) is -0.0693. The Morgan fingerprint density at radius 2 is 1.47 bits per heavy atom. The summed E-state index contributed by atoms with van der Waals surface area (Å²) >= 11 is 0. The molecule has 38 heavy (non-hydrogen) atoms. The van der Waals surface area contributed by atoms with E-state index in [-0.39, 0.29) is 5.91 Å². The molecule has 0 N–H and O–H groups in total. The highest BCUT2D eigenvalue weighted by molar-refractivity contribution is 6.23. The number of rotatable bonds is 6. The molecular formula is C31H23NO6. The predicted octanol–water partition coefficient (Wildman–Crippen LogP) is 5.99. The Morgan fingerprint density at radius 1 is 0.763 bits per heavy atom. The van der Waals surface area contributed by atoms with E-state index in [0.29, 0.717) is 39.6 Å². The molecule has 0 aliphatic carbocycles. The molecule has 2 heterocycles. The van der Waals surface area contributed by atoms with Crippen LogP contribution in [-0.4, -0.2) is 32.1 Å². The largest absolute Gasteiger partial charge is 0.465 e. The molecule has 4 aromatic rings. The average molecular weight is 506 g/mol. The number of hydrogen-bond donors (Lipinski definition) is 0. The lowest BCUT2D eigenvalue weighted by atomic mass is 10.1. The SMILES string of the molecule is COC(=O)c1ccc(-c2ccc(/C=C3\C=C(c4ccccc4)N(c4cccc(C(=O)OC)c4)C3=O)o2)cc1. The van der Waals surface area contributed by atoms with Gasteiger partial charge in [-0.05, 0) is 60.2 Å². The molecule has 188 valence electrons. The number of benzene rings is 3. The lowest BCUT2D eigenvalue weighted by Crippen LogP contribution is -2.25. The molecule has 1 aromatic heterocycles. The molecule has 0 saturated heterocycles. The van der Waals surface area contributed by atoms with E-state index in [1.165, 1.54) is 14.2 Å². The predicted molar refractivity (Wildman–Crippen MR) is 143 cm³/mol. The fourth-order valence-corrected chi connectivity index (χ4v) is 4.21. The maximum Gasteiger partial charge on any atom is 0.337 e. The first-order valence-electron chi connectivity index (χ1n) is 11.8. The van der Waals surface area contributed by atoms with Crippen molar-refractivity contribution in [1.29, 1.82) is 0 Å². The van der Waals surface area contributed by atoms with Gasteiger partial charge in [-0.25, -0.2) is 9.59 Å². The molecule has 7 heteroatoms. The molecule has 0 bridgehead atoms. The van der Waals surface area contributed by atoms with E-state index in [1.807, 2.05) is 30.3 Å². The van der Waals surface area contributed by atoms with Crippen molar-refractivity contribution in [3.05, 3.63) is 125 Å². The molecule has 1 aliphatic rings. The van der Waals surface area contributed by atoms with E-state index in [9.17, 15) is 14.4 Å². The number of methoxy groups -OCH3 is 2. The van der Waals surface area contributed by atoms with Crippen LogP contribution in [0.3, 0.4) is 0 Å². The van der Waals surface area contributed by atoms with Gasteiger partial charge in [-0.15, -0.1) is 0 Å². The van der Waals surface area contributed by atoms with E-state index in [0.717, 1.165) is 11.1 Å². The van der Waals surface area contributed by atoms with E-state index in [1.54, 1.807) is 77.7 Å². The summed E-state index contributed by atoms with van der Waals surface area (Å²) in [6.07, 6.45) is 3.48. The van der Waals surface area contributed by atoms with Gasteiger partial charge in [0.15, 0.2) is 0 Å². The van der Waals surface area contributed by atoms with Crippen LogP contribution in [0.5, 0.6) is 0 Å². The first kappa shape index (κ1) is 24.5. The van der Waals surface area contributed by atoms with E-state index >= 15 is 0 Å². The van der Waals surface area contributed by atoms with E-state index < -0.39 is 11.9 Å². The number of amides is 1. The Labute approximate surface area is 219 Å². The standard InChI is InChI=1S/C31H23NO6/c1-36-30(34)22-13-11-21(12-14-22)28-16-15-26(38-28)18-24-19-27(20-7-4-3-5-8-20)32(29(24)33)25-10-6-9-23(17-25)31(35)37-2/h3-19H,1-2H3/b24-18+. The monoisotopic (exact) mass is 505 g/mol. The fourth-order valence-electron chi connectivity index (χ4n) is 4.21. The number of anilines is 1. The minimum Gasteiger partial charge on any atom is -0.465 e. The van der Waals surface area contributed by atoms with Gasteiger partial charge in [-0.2, -0.15) is 0 Å². The van der Waals surface area contributed by atoms with Gasteiger partial charge in [0.2, 0.25) is 0 Å². The second kappa shape index (κ2) is 10.4. The van der Waals surface area contributed by atoms with E-state index in [4.69, 9.17) is 13.9 Å². The summed E-state index contributed by atoms with van der Waals surface area (Å²) in [6.45, 7) is 0. The number of esters is 2. The Balaban J connectivity index is 1.50. The topological polar surface area (TPSA) is 86.0 Å². The van der Waals surface area contributed by atoms with Crippen LogP contribution in [0.4, 0.5) is 5.69 Å². The summed E-state index contributed by atoms with van der Waals surface area (Å²) in [7, 11) is 2.65. The summed E-state index contributed by atoms with van der Waals surface area (Å²) in [4.78, 5) is 39.0. The van der Waals surface area contributed by atoms with Gasteiger partial charge in [0, 0.05) is 11.1 Å². The highest BCUT2D eigenvalue weighted by atomic mass is 16.5. The first-order chi connectivity index (χ1) is 18.5. The lowest BCUT2D eigenvalue weighted by molar-refractivity contribution is -0.113. The van der Waals surface area contributed by atoms with Gasteiger partial charge in [0.05, 0.1) is 36.7 Å². The van der Waals surface area contributed by atoms with Gasteiger partial charge in [0.25, 0.3) is 5.91 Å². The Hall–Kier alpha value is -5.17. The Kier molecular flexibility index (Phi) is 6.74. The van der Waals surface area contributed by atoms with Gasteiger partial charge in [-0.1, -0.05) is 48.5 Å². The van der Waals surface area contributed by atoms with Crippen LogP contribution in [0.2, 0.25) is 0 Å². The van der Waals surface area contributed by atoms with Crippen molar-refractivity contribution in [3.63, 3.8) is 0 Å². The molecule has 0 unspecified atom stereocenters. The second-order valence-corrected chi connectivity index (χ2v) is 8.45. The quantitative estimate of drug-likeness (QED) is 0.236. The third kappa shape index (κ3) is 4.77. The maximum absolute atomic E-state index is 13.7. The zero-order valence-electron chi connectivity index (χ0n) is 20.7. The van der Waals surface area contributed by atoms with Crippen LogP contribution in [0, 0.1) is 0 Å². The molecule has 5 rings (SSSR count). The Bertz CT molecular complexity index is 1580. The molecule has 0 saturated carbocycles. The molecule has 3 aromatic carbocycles. The van der Waals surface area contributed by atoms with Crippen LogP contribution in [-0.2, 0) is 14.3 Å². The Morgan fingerprint density at radius 3 is 2.18 bits per heavy atom. The second-order valence-electron chi connectivity index (χ2n) is 8.45. The van der Waals surface area contributed by atoms with Crippen molar-refractivity contribution < 1.29 is 28.3 Å². The first-order valence-corrected chi connectivity index (χ1v) is 11.8. The summed E-state index contributed by atoms with van der Waals surface area (Å²) in [5.41, 5.74) is 4.05. The highest BCUT2D eigenvalue weighted by Crippen LogP contribution is 2.36. The van der Waals surface area contributed by atoms with Gasteiger partial charge >= 0.3 is 11.9 Å². The fraction of sp³-hybridized carbons (Fsp3) is 0.0645. The van der Waals surface area contributed by atoms with Crippen LogP contribution in [0.25, 0.3) is 23.1 Å². The maximum atomic E-state index is 13.7. The summed E-state index contributed by atoms with van der Waals surface area (Å²) < 4.78 is 15.6. The van der Waals surface area contributed by atoms with Crippen LogP contribution in [0.1, 0.15) is 32.0 Å². The van der Waals surface area contributed by atoms with Crippen LogP contribution >= 0.6 is 0 Å². The van der Waals surface area contributed by atoms with Crippen molar-refractivity contribution in [2.75, 3.05) is 19.1 Å². The number of carbonyl (C=O) groups excluding carboxylic acids is 3. The number of furan rings is 1. The molecule has 1 amide bonds. The molecule has 0 radical (unpaired) electrons. The third-order valence-electron chi connectivity index (χ3n) is 6.09. The van der Waals surface area contributed by atoms with Crippen molar-refractivity contribution in [3.8, 4) is 11.3 Å². The zero-order chi connectivity index (χ0) is 26.6. The number of ether oxygens (including phenoxy) is 2. The van der Waals surface area contributed by atoms with Crippen molar-refractivity contribution in [1.82, 2.24) is 0 Å². The molecule has 0 spiro atoms. The minimum atomic E-state index is -0.484. The summed E-state index contributed by atoms with van der Waals surface area (Å²) in [5, 5.41) is 0. The normalized spacial score (nSPS) is 13.9. The number of nitrogens with zero attached hydrogens (tertiary/aromatic N) is 1. The van der Waals surface area contributed by atoms with Crippen molar-refractivity contribution in [2.24, 2.45) is 0 Å². The molecule has 1 aliphatic heterocycles. The van der Waals surface area contributed by atoms with Crippen LogP contribution < -0.4 is 4.90 Å². The number of carbonyl (C=O) groups is 3. The van der Waals surface area contributed by atoms with Crippen molar-refractivity contribution >= 4 is 35.3 Å². The lowest BCUT2D eigenvalue weighted by Gasteiger charge is -2.21. The smallest absolute Gasteiger partial charge is 0.337 e. The third-order valence-corrected chi connectivity index (χ3v) is 6.09. The molecule has 0 atom stereocenters. The van der Waals surface area contributed by atoms with Gasteiger partial charge < -0.3 is 13.9 Å². The van der Waals surface area contributed by atoms with Gasteiger partial charge in [0.1, 0.15) is 11.5 Å². The molecular weight excluding hydrogens is 482 g/mol. The van der Waals surface area contributed by atoms with Gasteiger partial charge in [-0.3, -0.25) is 9.69 Å². The average Bonchev–Trinajstić information content (AvgIpc) is 3.57. The minimum absolute atomic E-state index is 0.258. The zero-order valence-corrected chi connectivity index (χ0v) is 20.7. The number of hydrogen-bond acceptors (Lipinski definition) is 6. The summed E-state index contributed by atoms with van der Waals surface area (Å²) in [6, 6.07) is 26.7. The van der Waals surface area contributed by atoms with Crippen LogP contribution in [0.15, 0.2) is 107 Å². The molecule has 0 fully saturated rings. The highest BCUT2D eigenvalue weighted by Gasteiger charge is 2.31. The molecule has 7 nitrogen and oxygen atoms in total. The van der Waals surface area contributed by atoms with Crippen molar-refractivity contribution in [2.45, 2.75) is 0 Å². The van der Waals surface area contributed by atoms with E-state index in [2.05, 4.69) is 0 Å².